The molecule has 2 rings (SSSR count). The molecule has 0 aromatic heterocycles. The van der Waals surface area contributed by atoms with Gasteiger partial charge < -0.3 is 5.11 Å². The van der Waals surface area contributed by atoms with Crippen LogP contribution in [0.4, 0.5) is 5.69 Å². The summed E-state index contributed by atoms with van der Waals surface area (Å²) in [5.74, 6) is -0.149. The first-order valence-corrected chi connectivity index (χ1v) is 7.97. The standard InChI is InChI=1S/C14H14ClNO3S/c15-13-3-1-2-4-14(13)16-20(18,19)10-12-7-5-11(9-17)6-8-12/h1-8,16-17H,9-10H2. The summed E-state index contributed by atoms with van der Waals surface area (Å²) in [6.07, 6.45) is 0. The number of anilines is 1. The molecule has 0 bridgehead atoms. The number of para-hydroxylation sites is 1. The Labute approximate surface area is 123 Å². The lowest BCUT2D eigenvalue weighted by atomic mass is 10.2. The van der Waals surface area contributed by atoms with Gasteiger partial charge in [0.05, 0.1) is 23.1 Å². The van der Waals surface area contributed by atoms with E-state index in [1.54, 1.807) is 48.5 Å². The van der Waals surface area contributed by atoms with Gasteiger partial charge in [-0.3, -0.25) is 4.72 Å². The van der Waals surface area contributed by atoms with Crippen LogP contribution in [-0.2, 0) is 22.4 Å². The first-order chi connectivity index (χ1) is 9.50. The number of sulfonamides is 1. The van der Waals surface area contributed by atoms with Crippen molar-refractivity contribution in [2.75, 3.05) is 4.72 Å². The molecule has 4 nitrogen and oxygen atoms in total. The molecule has 0 saturated heterocycles. The molecular weight excluding hydrogens is 298 g/mol. The van der Waals surface area contributed by atoms with E-state index < -0.39 is 10.0 Å². The Bertz CT molecular complexity index is 684. The third-order valence-electron chi connectivity index (χ3n) is 2.70. The zero-order chi connectivity index (χ0) is 14.6. The van der Waals surface area contributed by atoms with Gasteiger partial charge in [0.1, 0.15) is 0 Å². The molecule has 106 valence electrons. The number of nitrogens with one attached hydrogen (secondary N) is 1. The van der Waals surface area contributed by atoms with E-state index in [1.807, 2.05) is 0 Å². The summed E-state index contributed by atoms with van der Waals surface area (Å²) < 4.78 is 26.6. The van der Waals surface area contributed by atoms with Crippen LogP contribution in [0.15, 0.2) is 48.5 Å². The molecule has 0 aliphatic carbocycles. The van der Waals surface area contributed by atoms with Crippen molar-refractivity contribution < 1.29 is 13.5 Å². The molecule has 0 spiro atoms. The van der Waals surface area contributed by atoms with Crippen molar-refractivity contribution in [3.8, 4) is 0 Å². The average molecular weight is 312 g/mol. The van der Waals surface area contributed by atoms with E-state index in [0.29, 0.717) is 16.3 Å². The Kier molecular flexibility index (Phi) is 4.65. The molecule has 2 N–H and O–H groups in total. The Hall–Kier alpha value is -1.56. The summed E-state index contributed by atoms with van der Waals surface area (Å²) in [7, 11) is -3.53. The van der Waals surface area contributed by atoms with Crippen molar-refractivity contribution in [3.05, 3.63) is 64.7 Å². The van der Waals surface area contributed by atoms with Gasteiger partial charge in [0, 0.05) is 0 Å². The van der Waals surface area contributed by atoms with Crippen LogP contribution in [0.5, 0.6) is 0 Å². The van der Waals surface area contributed by atoms with Crippen molar-refractivity contribution in [1.29, 1.82) is 0 Å². The SMILES string of the molecule is O=S(=O)(Cc1ccc(CO)cc1)Nc1ccccc1Cl. The third kappa shape index (κ3) is 3.96. The summed E-state index contributed by atoms with van der Waals surface area (Å²) in [4.78, 5) is 0. The van der Waals surface area contributed by atoms with E-state index in [-0.39, 0.29) is 12.4 Å². The topological polar surface area (TPSA) is 66.4 Å². The van der Waals surface area contributed by atoms with Gasteiger partial charge in [0.15, 0.2) is 0 Å². The van der Waals surface area contributed by atoms with Crippen molar-refractivity contribution in [2.45, 2.75) is 12.4 Å². The van der Waals surface area contributed by atoms with E-state index in [4.69, 9.17) is 16.7 Å². The lowest BCUT2D eigenvalue weighted by Gasteiger charge is -2.09. The number of hydrogen-bond acceptors (Lipinski definition) is 3. The monoisotopic (exact) mass is 311 g/mol. The van der Waals surface area contributed by atoms with Gasteiger partial charge in [-0.05, 0) is 23.3 Å². The second kappa shape index (κ2) is 6.26. The maximum atomic E-state index is 12.1. The van der Waals surface area contributed by atoms with E-state index in [1.165, 1.54) is 0 Å². The van der Waals surface area contributed by atoms with E-state index in [2.05, 4.69) is 4.72 Å². The van der Waals surface area contributed by atoms with Gasteiger partial charge in [-0.1, -0.05) is 48.0 Å². The van der Waals surface area contributed by atoms with Crippen LogP contribution >= 0.6 is 11.6 Å². The highest BCUT2D eigenvalue weighted by Crippen LogP contribution is 2.22. The van der Waals surface area contributed by atoms with E-state index >= 15 is 0 Å². The zero-order valence-electron chi connectivity index (χ0n) is 10.6. The number of aliphatic hydroxyl groups is 1. The molecule has 2 aromatic rings. The molecule has 0 atom stereocenters. The number of hydrogen-bond donors (Lipinski definition) is 2. The Morgan fingerprint density at radius 3 is 2.20 bits per heavy atom. The second-order valence-electron chi connectivity index (χ2n) is 4.32. The number of rotatable bonds is 5. The quantitative estimate of drug-likeness (QED) is 0.892. The molecule has 0 heterocycles. The molecule has 0 aliphatic rings. The van der Waals surface area contributed by atoms with Crippen LogP contribution in [0.1, 0.15) is 11.1 Å². The smallest absolute Gasteiger partial charge is 0.236 e. The fourth-order valence-corrected chi connectivity index (χ4v) is 3.16. The maximum Gasteiger partial charge on any atom is 0.236 e. The van der Waals surface area contributed by atoms with Crippen LogP contribution in [0.3, 0.4) is 0 Å². The van der Waals surface area contributed by atoms with Crippen molar-refractivity contribution in [3.63, 3.8) is 0 Å². The van der Waals surface area contributed by atoms with Gasteiger partial charge in [0.25, 0.3) is 0 Å². The van der Waals surface area contributed by atoms with Crippen LogP contribution in [-0.4, -0.2) is 13.5 Å². The fourth-order valence-electron chi connectivity index (χ4n) is 1.71. The molecule has 0 fully saturated rings. The fraction of sp³-hybridized carbons (Fsp3) is 0.143. The summed E-state index contributed by atoms with van der Waals surface area (Å²) in [5, 5.41) is 9.29. The van der Waals surface area contributed by atoms with Crippen molar-refractivity contribution in [1.82, 2.24) is 0 Å². The minimum Gasteiger partial charge on any atom is -0.392 e. The lowest BCUT2D eigenvalue weighted by molar-refractivity contribution is 0.282. The number of halogens is 1. The minimum absolute atomic E-state index is 0.0646. The molecule has 20 heavy (non-hydrogen) atoms. The summed E-state index contributed by atoms with van der Waals surface area (Å²) in [5.41, 5.74) is 1.74. The van der Waals surface area contributed by atoms with E-state index in [9.17, 15) is 8.42 Å². The van der Waals surface area contributed by atoms with Crippen molar-refractivity contribution >= 4 is 27.3 Å². The van der Waals surface area contributed by atoms with Gasteiger partial charge in [-0.15, -0.1) is 0 Å². The number of aliphatic hydroxyl groups excluding tert-OH is 1. The van der Waals surface area contributed by atoms with Gasteiger partial charge in [-0.2, -0.15) is 0 Å². The molecule has 0 saturated carbocycles. The summed E-state index contributed by atoms with van der Waals surface area (Å²) >= 11 is 5.92. The number of benzene rings is 2. The summed E-state index contributed by atoms with van der Waals surface area (Å²) in [6.45, 7) is -0.0646. The van der Waals surface area contributed by atoms with Crippen LogP contribution in [0.25, 0.3) is 0 Å². The van der Waals surface area contributed by atoms with Gasteiger partial charge in [-0.25, -0.2) is 8.42 Å². The molecule has 0 amide bonds. The van der Waals surface area contributed by atoms with Gasteiger partial charge >= 0.3 is 0 Å². The van der Waals surface area contributed by atoms with Crippen LogP contribution in [0.2, 0.25) is 5.02 Å². The lowest BCUT2D eigenvalue weighted by Crippen LogP contribution is -2.15. The van der Waals surface area contributed by atoms with Crippen LogP contribution < -0.4 is 4.72 Å². The average Bonchev–Trinajstić information content (AvgIpc) is 2.41. The Morgan fingerprint density at radius 2 is 1.60 bits per heavy atom. The molecular formula is C14H14ClNO3S. The first kappa shape index (κ1) is 14.8. The van der Waals surface area contributed by atoms with Crippen molar-refractivity contribution in [2.24, 2.45) is 0 Å². The third-order valence-corrected chi connectivity index (χ3v) is 4.28. The van der Waals surface area contributed by atoms with Crippen LogP contribution in [0, 0.1) is 0 Å². The minimum atomic E-state index is -3.53. The van der Waals surface area contributed by atoms with Gasteiger partial charge in [0.2, 0.25) is 10.0 Å². The van der Waals surface area contributed by atoms with E-state index in [0.717, 1.165) is 5.56 Å². The predicted octanol–water partition coefficient (Wildman–Crippen LogP) is 2.77. The Morgan fingerprint density at radius 1 is 1.00 bits per heavy atom. The zero-order valence-corrected chi connectivity index (χ0v) is 12.2. The summed E-state index contributed by atoms with van der Waals surface area (Å²) in [6, 6.07) is 13.4. The highest BCUT2D eigenvalue weighted by molar-refractivity contribution is 7.91. The first-order valence-electron chi connectivity index (χ1n) is 5.94. The molecule has 0 unspecified atom stereocenters. The molecule has 0 radical (unpaired) electrons. The second-order valence-corrected chi connectivity index (χ2v) is 6.45. The highest BCUT2D eigenvalue weighted by atomic mass is 35.5. The molecule has 2 aromatic carbocycles. The molecule has 6 heteroatoms. The molecule has 0 aliphatic heterocycles. The normalized spacial score (nSPS) is 11.3. The largest absolute Gasteiger partial charge is 0.392 e. The predicted molar refractivity (Wildman–Crippen MR) is 80.1 cm³/mol. The maximum absolute atomic E-state index is 12.1. The Balaban J connectivity index is 2.13. The highest BCUT2D eigenvalue weighted by Gasteiger charge is 2.13.